The number of hydrogen-bond acceptors (Lipinski definition) is 1. The molecule has 0 atom stereocenters. The van der Waals surface area contributed by atoms with Gasteiger partial charge < -0.3 is 4.90 Å². The summed E-state index contributed by atoms with van der Waals surface area (Å²) in [6.45, 7) is 13.3. The normalized spacial score (nSPS) is 17.3. The Morgan fingerprint density at radius 3 is 2.76 bits per heavy atom. The molecule has 0 saturated heterocycles. The minimum atomic E-state index is 0.273. The summed E-state index contributed by atoms with van der Waals surface area (Å²) in [6.07, 6.45) is 3.93. The third kappa shape index (κ3) is 2.48. The molecule has 1 heteroatoms. The first-order valence-corrected chi connectivity index (χ1v) is 6.76. The summed E-state index contributed by atoms with van der Waals surface area (Å²) in [7, 11) is 0. The Morgan fingerprint density at radius 2 is 2.06 bits per heavy atom. The van der Waals surface area contributed by atoms with Crippen LogP contribution in [0.3, 0.4) is 0 Å². The van der Waals surface area contributed by atoms with Crippen molar-refractivity contribution in [2.75, 3.05) is 18.0 Å². The van der Waals surface area contributed by atoms with Crippen LogP contribution in [-0.2, 0) is 5.41 Å². The van der Waals surface area contributed by atoms with Crippen LogP contribution in [0.1, 0.15) is 51.2 Å². The largest absolute Gasteiger partial charge is 0.370 e. The summed E-state index contributed by atoms with van der Waals surface area (Å²) in [5.74, 6) is 0. The predicted molar refractivity (Wildman–Crippen MR) is 75.7 cm³/mol. The second kappa shape index (κ2) is 4.72. The molecule has 0 unspecified atom stereocenters. The zero-order chi connectivity index (χ0) is 12.5. The molecule has 1 heterocycles. The first-order chi connectivity index (χ1) is 8.04. The molecule has 1 radical (unpaired) electrons. The van der Waals surface area contributed by atoms with Crippen molar-refractivity contribution in [2.45, 2.75) is 45.4 Å². The second-order valence-corrected chi connectivity index (χ2v) is 5.86. The van der Waals surface area contributed by atoms with Crippen molar-refractivity contribution in [1.29, 1.82) is 0 Å². The van der Waals surface area contributed by atoms with E-state index in [1.54, 1.807) is 0 Å². The maximum Gasteiger partial charge on any atom is 0.0405 e. The number of anilines is 1. The van der Waals surface area contributed by atoms with Crippen LogP contribution < -0.4 is 4.90 Å². The first kappa shape index (κ1) is 12.5. The molecule has 0 saturated carbocycles. The Bertz CT molecular complexity index is 393. The molecule has 0 N–H and O–H groups in total. The number of nitrogens with zero attached hydrogens (tertiary/aromatic N) is 1. The summed E-state index contributed by atoms with van der Waals surface area (Å²) in [4.78, 5) is 2.55. The molecule has 1 aliphatic rings. The summed E-state index contributed by atoms with van der Waals surface area (Å²) in [5.41, 5.74) is 4.31. The Morgan fingerprint density at radius 1 is 1.29 bits per heavy atom. The lowest BCUT2D eigenvalue weighted by Gasteiger charge is -2.22. The van der Waals surface area contributed by atoms with Crippen molar-refractivity contribution < 1.29 is 0 Å². The average Bonchev–Trinajstić information content (AvgIpc) is 2.51. The van der Waals surface area contributed by atoms with Crippen molar-refractivity contribution in [2.24, 2.45) is 0 Å². The highest BCUT2D eigenvalue weighted by molar-refractivity contribution is 5.63. The number of rotatable bonds is 4. The summed E-state index contributed by atoms with van der Waals surface area (Å²) >= 11 is 0. The highest BCUT2D eigenvalue weighted by Gasteiger charge is 2.34. The molecule has 0 bridgehead atoms. The van der Waals surface area contributed by atoms with E-state index in [0.717, 1.165) is 12.1 Å². The maximum absolute atomic E-state index is 4.05. The topological polar surface area (TPSA) is 3.24 Å². The van der Waals surface area contributed by atoms with E-state index < -0.39 is 0 Å². The van der Waals surface area contributed by atoms with Crippen LogP contribution in [-0.4, -0.2) is 13.1 Å². The predicted octanol–water partition coefficient (Wildman–Crippen LogP) is 4.16. The Hall–Kier alpha value is -0.980. The van der Waals surface area contributed by atoms with Gasteiger partial charge in [0.1, 0.15) is 0 Å². The molecular weight excluding hydrogens is 206 g/mol. The summed E-state index contributed by atoms with van der Waals surface area (Å²) < 4.78 is 0. The van der Waals surface area contributed by atoms with Crippen molar-refractivity contribution in [3.05, 3.63) is 36.2 Å². The molecular formula is C16H24N. The van der Waals surface area contributed by atoms with Gasteiger partial charge in [-0.1, -0.05) is 45.7 Å². The van der Waals surface area contributed by atoms with Crippen LogP contribution in [0.15, 0.2) is 18.2 Å². The van der Waals surface area contributed by atoms with E-state index in [0.29, 0.717) is 0 Å². The van der Waals surface area contributed by atoms with Crippen LogP contribution in [0.25, 0.3) is 0 Å². The van der Waals surface area contributed by atoms with Gasteiger partial charge in [-0.2, -0.15) is 0 Å². The van der Waals surface area contributed by atoms with Gasteiger partial charge in [-0.05, 0) is 30.5 Å². The molecule has 0 fully saturated rings. The van der Waals surface area contributed by atoms with Crippen molar-refractivity contribution >= 4 is 5.69 Å². The van der Waals surface area contributed by atoms with Gasteiger partial charge >= 0.3 is 0 Å². The van der Waals surface area contributed by atoms with E-state index in [1.165, 1.54) is 37.1 Å². The molecule has 1 aromatic carbocycles. The lowest BCUT2D eigenvalue weighted by atomic mass is 9.86. The first-order valence-electron chi connectivity index (χ1n) is 6.76. The number of unbranched alkanes of at least 4 members (excludes halogenated alkanes) is 2. The monoisotopic (exact) mass is 230 g/mol. The van der Waals surface area contributed by atoms with Gasteiger partial charge in [0.15, 0.2) is 0 Å². The molecule has 1 nitrogen and oxygen atoms in total. The lowest BCUT2D eigenvalue weighted by molar-refractivity contribution is 0.543. The van der Waals surface area contributed by atoms with Gasteiger partial charge in [0.05, 0.1) is 0 Å². The molecule has 0 aromatic heterocycles. The SMILES string of the molecule is [CH2]c1ccc2c(c1)C(C)(C)CN2CCCCC. The van der Waals surface area contributed by atoms with Crippen LogP contribution in [0.2, 0.25) is 0 Å². The minimum absolute atomic E-state index is 0.273. The quantitative estimate of drug-likeness (QED) is 0.702. The Labute approximate surface area is 106 Å². The molecule has 0 amide bonds. The molecule has 2 rings (SSSR count). The van der Waals surface area contributed by atoms with Crippen LogP contribution >= 0.6 is 0 Å². The van der Waals surface area contributed by atoms with Crippen LogP contribution in [0.4, 0.5) is 5.69 Å². The van der Waals surface area contributed by atoms with E-state index in [9.17, 15) is 0 Å². The van der Waals surface area contributed by atoms with Gasteiger partial charge in [0.2, 0.25) is 0 Å². The third-order valence-electron chi connectivity index (χ3n) is 3.75. The van der Waals surface area contributed by atoms with Crippen molar-refractivity contribution in [1.82, 2.24) is 0 Å². The molecule has 1 aliphatic heterocycles. The Kier molecular flexibility index (Phi) is 3.46. The highest BCUT2D eigenvalue weighted by Crippen LogP contribution is 2.40. The van der Waals surface area contributed by atoms with Gasteiger partial charge in [-0.25, -0.2) is 0 Å². The van der Waals surface area contributed by atoms with Gasteiger partial charge in [0, 0.05) is 24.2 Å². The van der Waals surface area contributed by atoms with Crippen molar-refractivity contribution in [3.63, 3.8) is 0 Å². The van der Waals surface area contributed by atoms with Gasteiger partial charge in [-0.15, -0.1) is 0 Å². The van der Waals surface area contributed by atoms with Crippen LogP contribution in [0, 0.1) is 6.92 Å². The number of benzene rings is 1. The van der Waals surface area contributed by atoms with Crippen molar-refractivity contribution in [3.8, 4) is 0 Å². The number of hydrogen-bond donors (Lipinski definition) is 0. The van der Waals surface area contributed by atoms with Crippen LogP contribution in [0.5, 0.6) is 0 Å². The highest BCUT2D eigenvalue weighted by atomic mass is 15.2. The number of fused-ring (bicyclic) bond motifs is 1. The molecule has 17 heavy (non-hydrogen) atoms. The molecule has 0 aliphatic carbocycles. The average molecular weight is 230 g/mol. The maximum atomic E-state index is 4.05. The van der Waals surface area contributed by atoms with E-state index >= 15 is 0 Å². The summed E-state index contributed by atoms with van der Waals surface area (Å²) in [5, 5.41) is 0. The van der Waals surface area contributed by atoms with E-state index in [2.05, 4.69) is 50.8 Å². The zero-order valence-corrected chi connectivity index (χ0v) is 11.4. The van der Waals surface area contributed by atoms with E-state index in [-0.39, 0.29) is 5.41 Å². The Balaban J connectivity index is 2.19. The minimum Gasteiger partial charge on any atom is -0.370 e. The molecule has 93 valence electrons. The molecule has 1 aromatic rings. The summed E-state index contributed by atoms with van der Waals surface area (Å²) in [6, 6.07) is 6.64. The second-order valence-electron chi connectivity index (χ2n) is 5.86. The smallest absolute Gasteiger partial charge is 0.0405 e. The zero-order valence-electron chi connectivity index (χ0n) is 11.4. The van der Waals surface area contributed by atoms with Gasteiger partial charge in [-0.3, -0.25) is 0 Å². The lowest BCUT2D eigenvalue weighted by Crippen LogP contribution is -2.29. The fourth-order valence-electron chi connectivity index (χ4n) is 2.80. The standard InChI is InChI=1S/C16H24N/c1-5-6-7-10-17-12-16(3,4)14-11-13(2)8-9-15(14)17/h8-9,11H,2,5-7,10,12H2,1,3-4H3. The van der Waals surface area contributed by atoms with E-state index in [4.69, 9.17) is 0 Å². The van der Waals surface area contributed by atoms with E-state index in [1.807, 2.05) is 0 Å². The fourth-order valence-corrected chi connectivity index (χ4v) is 2.80. The third-order valence-corrected chi connectivity index (χ3v) is 3.75. The van der Waals surface area contributed by atoms with Gasteiger partial charge in [0.25, 0.3) is 0 Å². The molecule has 0 spiro atoms. The fraction of sp³-hybridized carbons (Fsp3) is 0.562.